The Morgan fingerprint density at radius 3 is 2.47 bits per heavy atom. The van der Waals surface area contributed by atoms with Gasteiger partial charge in [0, 0.05) is 29.2 Å². The van der Waals surface area contributed by atoms with Crippen LogP contribution in [0.15, 0.2) is 78.3 Å². The second kappa shape index (κ2) is 9.80. The van der Waals surface area contributed by atoms with Crippen LogP contribution in [0.3, 0.4) is 0 Å². The van der Waals surface area contributed by atoms with Crippen LogP contribution in [0.1, 0.15) is 15.2 Å². The maximum absolute atomic E-state index is 12.9. The number of aromatic nitrogens is 1. The molecule has 0 aliphatic carbocycles. The van der Waals surface area contributed by atoms with Crippen LogP contribution in [0, 0.1) is 0 Å². The maximum Gasteiger partial charge on any atom is 0.337 e. The van der Waals surface area contributed by atoms with Crippen molar-refractivity contribution in [3.63, 3.8) is 0 Å². The van der Waals surface area contributed by atoms with E-state index in [0.717, 1.165) is 16.5 Å². The minimum atomic E-state index is -0.902. The molecule has 0 saturated carbocycles. The predicted molar refractivity (Wildman–Crippen MR) is 124 cm³/mol. The van der Waals surface area contributed by atoms with E-state index in [9.17, 15) is 14.4 Å². The number of anilines is 1. The fourth-order valence-electron chi connectivity index (χ4n) is 3.26. The minimum Gasteiger partial charge on any atom is -0.361 e. The number of hydrogen-bond donors (Lipinski definition) is 5. The molecule has 0 unspecified atom stereocenters. The van der Waals surface area contributed by atoms with Crippen molar-refractivity contribution in [1.82, 2.24) is 21.2 Å². The lowest BCUT2D eigenvalue weighted by molar-refractivity contribution is -0.123. The third-order valence-electron chi connectivity index (χ3n) is 4.80. The molecule has 5 N–H and O–H groups in total. The number of aromatic amines is 1. The largest absolute Gasteiger partial charge is 0.361 e. The van der Waals surface area contributed by atoms with Crippen LogP contribution in [-0.2, 0) is 11.2 Å². The molecule has 9 heteroatoms. The molecule has 0 spiro atoms. The number of rotatable bonds is 6. The van der Waals surface area contributed by atoms with Gasteiger partial charge in [-0.2, -0.15) is 0 Å². The van der Waals surface area contributed by atoms with Crippen molar-refractivity contribution < 1.29 is 14.4 Å². The van der Waals surface area contributed by atoms with Gasteiger partial charge < -0.3 is 15.6 Å². The number of nitrogens with one attached hydrogen (secondary N) is 5. The summed E-state index contributed by atoms with van der Waals surface area (Å²) in [5, 5.41) is 8.14. The number of thiophene rings is 1. The highest BCUT2D eigenvalue weighted by atomic mass is 32.1. The topological polar surface area (TPSA) is 115 Å². The standard InChI is InChI=1S/C23H21N5O3S/c29-21(27-28-23(31)25-16-7-2-1-3-8-16)19(26-22(30)20-11-6-12-32-20)13-15-14-24-18-10-5-4-9-17(15)18/h1-12,14,19,24H,13H2,(H,26,30)(H,27,29)(H2,25,28,31)/t19-/m0/s1. The molecule has 8 nitrogen and oxygen atoms in total. The molecule has 32 heavy (non-hydrogen) atoms. The number of amides is 4. The summed E-state index contributed by atoms with van der Waals surface area (Å²) in [4.78, 5) is 41.3. The first-order valence-electron chi connectivity index (χ1n) is 9.91. The van der Waals surface area contributed by atoms with Crippen LogP contribution in [0.5, 0.6) is 0 Å². The molecule has 2 aromatic heterocycles. The highest BCUT2D eigenvalue weighted by Gasteiger charge is 2.24. The molecule has 2 aromatic carbocycles. The van der Waals surface area contributed by atoms with Crippen LogP contribution in [-0.4, -0.2) is 28.9 Å². The SMILES string of the molecule is O=C(NNC(=O)[C@H](Cc1c[nH]c2ccccc12)NC(=O)c1cccs1)Nc1ccccc1. The van der Waals surface area contributed by atoms with Gasteiger partial charge in [-0.15, -0.1) is 11.3 Å². The Morgan fingerprint density at radius 1 is 0.906 bits per heavy atom. The molecular weight excluding hydrogens is 426 g/mol. The van der Waals surface area contributed by atoms with Gasteiger partial charge in [-0.1, -0.05) is 42.5 Å². The monoisotopic (exact) mass is 447 g/mol. The summed E-state index contributed by atoms with van der Waals surface area (Å²) >= 11 is 1.29. The maximum atomic E-state index is 12.9. The summed E-state index contributed by atoms with van der Waals surface area (Å²) in [7, 11) is 0. The van der Waals surface area contributed by atoms with Crippen molar-refractivity contribution in [3.05, 3.63) is 88.7 Å². The summed E-state index contributed by atoms with van der Waals surface area (Å²) in [6, 6.07) is 18.5. The number of para-hydroxylation sites is 2. The van der Waals surface area contributed by atoms with Gasteiger partial charge >= 0.3 is 6.03 Å². The van der Waals surface area contributed by atoms with E-state index in [4.69, 9.17) is 0 Å². The van der Waals surface area contributed by atoms with E-state index < -0.39 is 18.0 Å². The number of hydrogen-bond acceptors (Lipinski definition) is 4. The highest BCUT2D eigenvalue weighted by Crippen LogP contribution is 2.19. The molecular formula is C23H21N5O3S. The van der Waals surface area contributed by atoms with E-state index in [2.05, 4.69) is 26.5 Å². The predicted octanol–water partition coefficient (Wildman–Crippen LogP) is 3.42. The van der Waals surface area contributed by atoms with Crippen molar-refractivity contribution >= 4 is 45.8 Å². The van der Waals surface area contributed by atoms with Gasteiger partial charge in [0.25, 0.3) is 11.8 Å². The Hall–Kier alpha value is -4.11. The third kappa shape index (κ3) is 5.13. The number of fused-ring (bicyclic) bond motifs is 1. The zero-order valence-corrected chi connectivity index (χ0v) is 17.7. The van der Waals surface area contributed by atoms with Gasteiger partial charge in [-0.25, -0.2) is 10.2 Å². The normalized spacial score (nSPS) is 11.5. The lowest BCUT2D eigenvalue weighted by Crippen LogP contribution is -2.53. The van der Waals surface area contributed by atoms with Gasteiger partial charge in [0.2, 0.25) is 0 Å². The number of urea groups is 1. The Kier molecular flexibility index (Phi) is 6.47. The Balaban J connectivity index is 1.45. The number of H-pyrrole nitrogens is 1. The Morgan fingerprint density at radius 2 is 1.69 bits per heavy atom. The Labute approximate surface area is 188 Å². The fourth-order valence-corrected chi connectivity index (χ4v) is 3.88. The molecule has 2 heterocycles. The second-order valence-corrected chi connectivity index (χ2v) is 7.95. The van der Waals surface area contributed by atoms with E-state index in [1.165, 1.54) is 11.3 Å². The molecule has 4 aromatic rings. The summed E-state index contributed by atoms with van der Waals surface area (Å²) < 4.78 is 0. The number of carbonyl (C=O) groups is 3. The Bertz CT molecular complexity index is 1220. The first kappa shape index (κ1) is 21.1. The minimum absolute atomic E-state index is 0.245. The molecule has 0 aliphatic rings. The molecule has 0 saturated heterocycles. The molecule has 0 fully saturated rings. The summed E-state index contributed by atoms with van der Waals surface area (Å²) in [5.41, 5.74) is 7.12. The molecule has 1 atom stereocenters. The molecule has 0 radical (unpaired) electrons. The van der Waals surface area contributed by atoms with Crippen molar-refractivity contribution in [2.24, 2.45) is 0 Å². The van der Waals surface area contributed by atoms with E-state index >= 15 is 0 Å². The lowest BCUT2D eigenvalue weighted by Gasteiger charge is -2.18. The van der Waals surface area contributed by atoms with Gasteiger partial charge in [0.1, 0.15) is 6.04 Å². The molecule has 4 rings (SSSR count). The van der Waals surface area contributed by atoms with Gasteiger partial charge in [-0.05, 0) is 35.2 Å². The van der Waals surface area contributed by atoms with Gasteiger partial charge in [-0.3, -0.25) is 15.0 Å². The molecule has 4 amide bonds. The zero-order valence-electron chi connectivity index (χ0n) is 16.9. The number of benzene rings is 2. The first-order valence-corrected chi connectivity index (χ1v) is 10.8. The van der Waals surface area contributed by atoms with Crippen LogP contribution in [0.2, 0.25) is 0 Å². The van der Waals surface area contributed by atoms with Crippen LogP contribution in [0.25, 0.3) is 10.9 Å². The van der Waals surface area contributed by atoms with E-state index in [1.54, 1.807) is 41.8 Å². The lowest BCUT2D eigenvalue weighted by atomic mass is 10.0. The number of carbonyl (C=O) groups excluding carboxylic acids is 3. The van der Waals surface area contributed by atoms with E-state index in [1.807, 2.05) is 36.5 Å². The van der Waals surface area contributed by atoms with E-state index in [0.29, 0.717) is 10.6 Å². The fraction of sp³-hybridized carbons (Fsp3) is 0.0870. The average Bonchev–Trinajstić information content (AvgIpc) is 3.48. The van der Waals surface area contributed by atoms with Gasteiger partial charge in [0.05, 0.1) is 4.88 Å². The number of hydrazine groups is 1. The zero-order chi connectivity index (χ0) is 22.3. The smallest absolute Gasteiger partial charge is 0.337 e. The van der Waals surface area contributed by atoms with Crippen molar-refractivity contribution in [3.8, 4) is 0 Å². The summed E-state index contributed by atoms with van der Waals surface area (Å²) in [6.07, 6.45) is 2.06. The van der Waals surface area contributed by atoms with Crippen molar-refractivity contribution in [2.45, 2.75) is 12.5 Å². The highest BCUT2D eigenvalue weighted by molar-refractivity contribution is 7.12. The second-order valence-electron chi connectivity index (χ2n) is 7.00. The molecule has 0 bridgehead atoms. The third-order valence-corrected chi connectivity index (χ3v) is 5.67. The molecule has 0 aliphatic heterocycles. The van der Waals surface area contributed by atoms with Crippen molar-refractivity contribution in [1.29, 1.82) is 0 Å². The van der Waals surface area contributed by atoms with Crippen LogP contribution in [0.4, 0.5) is 10.5 Å². The van der Waals surface area contributed by atoms with Crippen LogP contribution >= 0.6 is 11.3 Å². The quantitative estimate of drug-likeness (QED) is 0.292. The van der Waals surface area contributed by atoms with Gasteiger partial charge in [0.15, 0.2) is 0 Å². The van der Waals surface area contributed by atoms with E-state index in [-0.39, 0.29) is 12.3 Å². The van der Waals surface area contributed by atoms with Crippen molar-refractivity contribution in [2.75, 3.05) is 5.32 Å². The summed E-state index contributed by atoms with van der Waals surface area (Å²) in [5.74, 6) is -0.892. The molecule has 162 valence electrons. The van der Waals surface area contributed by atoms with Crippen LogP contribution < -0.4 is 21.5 Å². The average molecular weight is 448 g/mol. The first-order chi connectivity index (χ1) is 15.6. The summed E-state index contributed by atoms with van der Waals surface area (Å²) in [6.45, 7) is 0.